The Kier molecular flexibility index (Phi) is 7.11. The largest absolute Gasteiger partial charge is 0.455 e. The SMILES string of the molecule is CCC(=O)OC(C)OC(=O)c1c(Oc2ccc(-c3ccccc3-c3nn[nH]n3)cc2)c(C2CC2)nc2ccccc12. The van der Waals surface area contributed by atoms with Crippen LogP contribution < -0.4 is 4.74 Å². The number of esters is 2. The molecule has 0 amide bonds. The first-order valence-electron chi connectivity index (χ1n) is 13.5. The number of aromatic amines is 1. The zero-order chi connectivity index (χ0) is 28.3. The van der Waals surface area contributed by atoms with E-state index in [2.05, 4.69) is 20.6 Å². The quantitative estimate of drug-likeness (QED) is 0.168. The Morgan fingerprint density at radius 2 is 1.68 bits per heavy atom. The van der Waals surface area contributed by atoms with Crippen LogP contribution in [0.4, 0.5) is 0 Å². The first-order valence-corrected chi connectivity index (χ1v) is 13.5. The summed E-state index contributed by atoms with van der Waals surface area (Å²) >= 11 is 0. The molecule has 0 saturated heterocycles. The van der Waals surface area contributed by atoms with Crippen molar-refractivity contribution in [2.24, 2.45) is 0 Å². The van der Waals surface area contributed by atoms with Crippen LogP contribution in [0.25, 0.3) is 33.4 Å². The lowest BCUT2D eigenvalue weighted by Gasteiger charge is -2.19. The fraction of sp³-hybridized carbons (Fsp3) is 0.226. The van der Waals surface area contributed by atoms with Gasteiger partial charge in [0.25, 0.3) is 0 Å². The molecule has 1 fully saturated rings. The van der Waals surface area contributed by atoms with Gasteiger partial charge in [0.2, 0.25) is 12.1 Å². The number of tetrazole rings is 1. The van der Waals surface area contributed by atoms with E-state index in [0.717, 1.165) is 29.5 Å². The average Bonchev–Trinajstić information content (AvgIpc) is 3.69. The number of nitrogens with one attached hydrogen (secondary N) is 1. The summed E-state index contributed by atoms with van der Waals surface area (Å²) in [6, 6.07) is 22.7. The lowest BCUT2D eigenvalue weighted by Crippen LogP contribution is -2.22. The number of benzene rings is 3. The zero-order valence-corrected chi connectivity index (χ0v) is 22.5. The summed E-state index contributed by atoms with van der Waals surface area (Å²) < 4.78 is 17.2. The van der Waals surface area contributed by atoms with Gasteiger partial charge < -0.3 is 14.2 Å². The van der Waals surface area contributed by atoms with Crippen molar-refractivity contribution in [3.63, 3.8) is 0 Å². The number of aromatic nitrogens is 5. The lowest BCUT2D eigenvalue weighted by molar-refractivity contribution is -0.165. The molecule has 0 spiro atoms. The van der Waals surface area contributed by atoms with E-state index in [9.17, 15) is 9.59 Å². The van der Waals surface area contributed by atoms with Crippen LogP contribution in [0.1, 0.15) is 55.1 Å². The number of nitrogens with zero attached hydrogens (tertiary/aromatic N) is 4. The average molecular weight is 550 g/mol. The number of ether oxygens (including phenoxy) is 3. The van der Waals surface area contributed by atoms with Crippen LogP contribution in [0.2, 0.25) is 0 Å². The van der Waals surface area contributed by atoms with E-state index in [1.807, 2.05) is 72.8 Å². The molecule has 10 nitrogen and oxygen atoms in total. The van der Waals surface area contributed by atoms with Crippen LogP contribution >= 0.6 is 0 Å². The minimum absolute atomic E-state index is 0.176. The molecule has 1 saturated carbocycles. The first kappa shape index (κ1) is 26.1. The molecule has 1 N–H and O–H groups in total. The molecule has 0 aliphatic heterocycles. The Bertz CT molecular complexity index is 1720. The van der Waals surface area contributed by atoms with Gasteiger partial charge in [0.1, 0.15) is 11.3 Å². The number of para-hydroxylation sites is 1. The van der Waals surface area contributed by atoms with Gasteiger partial charge in [-0.1, -0.05) is 61.5 Å². The molecule has 3 aromatic carbocycles. The highest BCUT2D eigenvalue weighted by molar-refractivity contribution is 6.06. The van der Waals surface area contributed by atoms with Crippen molar-refractivity contribution < 1.29 is 23.8 Å². The Morgan fingerprint density at radius 1 is 0.951 bits per heavy atom. The second-order valence-corrected chi connectivity index (χ2v) is 9.72. The van der Waals surface area contributed by atoms with E-state index in [4.69, 9.17) is 19.2 Å². The topological polar surface area (TPSA) is 129 Å². The van der Waals surface area contributed by atoms with Crippen LogP contribution in [-0.2, 0) is 14.3 Å². The van der Waals surface area contributed by atoms with E-state index in [-0.39, 0.29) is 17.9 Å². The molecule has 6 rings (SSSR count). The number of rotatable bonds is 9. The number of carbonyl (C=O) groups is 2. The maximum absolute atomic E-state index is 13.6. The Hall–Kier alpha value is -5.12. The fourth-order valence-corrected chi connectivity index (χ4v) is 4.68. The van der Waals surface area contributed by atoms with E-state index in [1.54, 1.807) is 6.92 Å². The third kappa shape index (κ3) is 5.49. The molecule has 41 heavy (non-hydrogen) atoms. The maximum Gasteiger partial charge on any atom is 0.345 e. The van der Waals surface area contributed by atoms with Gasteiger partial charge in [-0.3, -0.25) is 4.79 Å². The van der Waals surface area contributed by atoms with E-state index in [0.29, 0.717) is 33.9 Å². The molecular formula is C31H27N5O5. The Balaban J connectivity index is 1.37. The smallest absolute Gasteiger partial charge is 0.345 e. The summed E-state index contributed by atoms with van der Waals surface area (Å²) in [5, 5.41) is 15.0. The van der Waals surface area contributed by atoms with Crippen LogP contribution in [0, 0.1) is 0 Å². The highest BCUT2D eigenvalue weighted by atomic mass is 16.7. The summed E-state index contributed by atoms with van der Waals surface area (Å²) in [4.78, 5) is 30.2. The summed E-state index contributed by atoms with van der Waals surface area (Å²) in [5.41, 5.74) is 4.34. The van der Waals surface area contributed by atoms with Crippen LogP contribution in [0.3, 0.4) is 0 Å². The van der Waals surface area contributed by atoms with E-state index < -0.39 is 18.2 Å². The number of hydrogen-bond acceptors (Lipinski definition) is 9. The lowest BCUT2D eigenvalue weighted by atomic mass is 9.99. The van der Waals surface area contributed by atoms with Gasteiger partial charge in [0, 0.05) is 30.2 Å². The fourth-order valence-electron chi connectivity index (χ4n) is 4.68. The van der Waals surface area contributed by atoms with Crippen LogP contribution in [-0.4, -0.2) is 43.8 Å². The third-order valence-electron chi connectivity index (χ3n) is 6.80. The highest BCUT2D eigenvalue weighted by Gasteiger charge is 2.34. The second kappa shape index (κ2) is 11.2. The van der Waals surface area contributed by atoms with Crippen LogP contribution in [0.5, 0.6) is 11.5 Å². The molecule has 0 bridgehead atoms. The van der Waals surface area contributed by atoms with Crippen LogP contribution in [0.15, 0.2) is 72.8 Å². The van der Waals surface area contributed by atoms with Crippen molar-refractivity contribution in [2.45, 2.75) is 45.3 Å². The molecule has 0 radical (unpaired) electrons. The first-order chi connectivity index (χ1) is 20.0. The predicted octanol–water partition coefficient (Wildman–Crippen LogP) is 6.21. The summed E-state index contributed by atoms with van der Waals surface area (Å²) in [5.74, 6) is 0.454. The minimum atomic E-state index is -1.06. The number of fused-ring (bicyclic) bond motifs is 1. The summed E-state index contributed by atoms with van der Waals surface area (Å²) in [6.07, 6.45) is 1.02. The predicted molar refractivity (Wildman–Crippen MR) is 150 cm³/mol. The van der Waals surface area contributed by atoms with Crippen molar-refractivity contribution in [3.8, 4) is 34.0 Å². The molecule has 206 valence electrons. The summed E-state index contributed by atoms with van der Waals surface area (Å²) in [6.45, 7) is 3.19. The van der Waals surface area contributed by atoms with Gasteiger partial charge in [-0.05, 0) is 47.4 Å². The number of hydrogen-bond donors (Lipinski definition) is 1. The molecule has 2 heterocycles. The van der Waals surface area contributed by atoms with Gasteiger partial charge in [-0.2, -0.15) is 5.21 Å². The number of pyridine rings is 1. The van der Waals surface area contributed by atoms with Gasteiger partial charge in [0.15, 0.2) is 5.75 Å². The highest BCUT2D eigenvalue weighted by Crippen LogP contribution is 2.47. The molecular weight excluding hydrogens is 522 g/mol. The van der Waals surface area contributed by atoms with Gasteiger partial charge in [0.05, 0.1) is 11.2 Å². The van der Waals surface area contributed by atoms with Gasteiger partial charge in [-0.25, -0.2) is 9.78 Å². The molecule has 1 unspecified atom stereocenters. The van der Waals surface area contributed by atoms with Crippen molar-refractivity contribution in [3.05, 3.63) is 84.1 Å². The molecule has 1 atom stereocenters. The number of carbonyl (C=O) groups excluding carboxylic acids is 2. The molecule has 5 aromatic rings. The molecule has 1 aliphatic carbocycles. The third-order valence-corrected chi connectivity index (χ3v) is 6.80. The van der Waals surface area contributed by atoms with Crippen molar-refractivity contribution >= 4 is 22.8 Å². The minimum Gasteiger partial charge on any atom is -0.455 e. The zero-order valence-electron chi connectivity index (χ0n) is 22.5. The van der Waals surface area contributed by atoms with Crippen molar-refractivity contribution in [1.82, 2.24) is 25.6 Å². The Labute approximate surface area is 235 Å². The molecule has 1 aliphatic rings. The van der Waals surface area contributed by atoms with E-state index in [1.165, 1.54) is 6.92 Å². The van der Waals surface area contributed by atoms with E-state index >= 15 is 0 Å². The normalized spacial score (nSPS) is 13.5. The molecule has 2 aromatic heterocycles. The monoisotopic (exact) mass is 549 g/mol. The Morgan fingerprint density at radius 3 is 2.39 bits per heavy atom. The molecule has 10 heteroatoms. The van der Waals surface area contributed by atoms with Crippen molar-refractivity contribution in [2.75, 3.05) is 0 Å². The number of H-pyrrole nitrogens is 1. The van der Waals surface area contributed by atoms with Crippen molar-refractivity contribution in [1.29, 1.82) is 0 Å². The second-order valence-electron chi connectivity index (χ2n) is 9.72. The van der Waals surface area contributed by atoms with Gasteiger partial charge >= 0.3 is 11.9 Å². The van der Waals surface area contributed by atoms with Gasteiger partial charge in [-0.15, -0.1) is 10.2 Å². The maximum atomic E-state index is 13.6. The summed E-state index contributed by atoms with van der Waals surface area (Å²) in [7, 11) is 0. The standard InChI is InChI=1S/C31H27N5O5/c1-3-26(37)39-18(2)40-31(38)27-24-10-6-7-11-25(24)32-28(20-12-13-20)29(27)41-21-16-14-19(15-17-21)22-8-4-5-9-23(22)30-33-35-36-34-30/h4-11,14-18,20H,3,12-13H2,1-2H3,(H,33,34,35,36).